The number of anilines is 1. The molecule has 6 heteroatoms. The predicted octanol–water partition coefficient (Wildman–Crippen LogP) is 1.82. The lowest BCUT2D eigenvalue weighted by Gasteiger charge is -2.19. The average Bonchev–Trinajstić information content (AvgIpc) is 2.49. The van der Waals surface area contributed by atoms with Crippen LogP contribution in [0.3, 0.4) is 0 Å². The number of amidine groups is 1. The minimum absolute atomic E-state index is 0.102. The van der Waals surface area contributed by atoms with Crippen molar-refractivity contribution in [3.63, 3.8) is 0 Å². The molecule has 1 heterocycles. The Morgan fingerprint density at radius 3 is 2.76 bits per heavy atom. The second kappa shape index (κ2) is 6.21. The third kappa shape index (κ3) is 3.47. The summed E-state index contributed by atoms with van der Waals surface area (Å²) in [6.45, 7) is 4.54. The average molecular weight is 285 g/mol. The standard InChI is InChI=1S/C15H19N5O/c1-10-11(2)18-14(8-17-10)20(3)9-12-5-4-6-13(7-12)15(16)19-21/h4-8,21H,9H2,1-3H3,(H2,16,19). The number of aromatic nitrogens is 2. The summed E-state index contributed by atoms with van der Waals surface area (Å²) in [5.74, 6) is 0.915. The summed E-state index contributed by atoms with van der Waals surface area (Å²) in [5, 5.41) is 11.7. The first-order valence-corrected chi connectivity index (χ1v) is 6.59. The lowest BCUT2D eigenvalue weighted by Crippen LogP contribution is -2.19. The first-order valence-electron chi connectivity index (χ1n) is 6.59. The topological polar surface area (TPSA) is 87.6 Å². The van der Waals surface area contributed by atoms with E-state index in [2.05, 4.69) is 15.1 Å². The van der Waals surface area contributed by atoms with Crippen molar-refractivity contribution >= 4 is 11.7 Å². The Labute approximate surface area is 123 Å². The number of nitrogens with zero attached hydrogens (tertiary/aromatic N) is 4. The Kier molecular flexibility index (Phi) is 4.37. The van der Waals surface area contributed by atoms with Gasteiger partial charge in [-0.1, -0.05) is 23.4 Å². The van der Waals surface area contributed by atoms with Crippen molar-refractivity contribution in [2.45, 2.75) is 20.4 Å². The molecular weight excluding hydrogens is 266 g/mol. The van der Waals surface area contributed by atoms with Gasteiger partial charge in [-0.15, -0.1) is 0 Å². The highest BCUT2D eigenvalue weighted by Gasteiger charge is 2.07. The van der Waals surface area contributed by atoms with Crippen molar-refractivity contribution in [3.8, 4) is 0 Å². The zero-order valence-corrected chi connectivity index (χ0v) is 12.4. The molecule has 0 spiro atoms. The van der Waals surface area contributed by atoms with Crippen LogP contribution < -0.4 is 10.6 Å². The van der Waals surface area contributed by atoms with Crippen molar-refractivity contribution in [1.29, 1.82) is 0 Å². The van der Waals surface area contributed by atoms with E-state index in [9.17, 15) is 0 Å². The summed E-state index contributed by atoms with van der Waals surface area (Å²) in [7, 11) is 1.95. The largest absolute Gasteiger partial charge is 0.409 e. The molecule has 0 bridgehead atoms. The quantitative estimate of drug-likeness (QED) is 0.387. The highest BCUT2D eigenvalue weighted by Crippen LogP contribution is 2.14. The minimum atomic E-state index is 0.102. The van der Waals surface area contributed by atoms with E-state index in [1.54, 1.807) is 12.3 Å². The van der Waals surface area contributed by atoms with E-state index >= 15 is 0 Å². The van der Waals surface area contributed by atoms with Crippen molar-refractivity contribution in [2.24, 2.45) is 10.9 Å². The van der Waals surface area contributed by atoms with Crippen molar-refractivity contribution in [1.82, 2.24) is 9.97 Å². The van der Waals surface area contributed by atoms with Crippen molar-refractivity contribution in [3.05, 3.63) is 53.0 Å². The maximum Gasteiger partial charge on any atom is 0.170 e. The number of benzene rings is 1. The van der Waals surface area contributed by atoms with E-state index in [0.29, 0.717) is 12.1 Å². The second-order valence-corrected chi connectivity index (χ2v) is 4.94. The molecule has 0 saturated carbocycles. The van der Waals surface area contributed by atoms with Gasteiger partial charge >= 0.3 is 0 Å². The monoisotopic (exact) mass is 285 g/mol. The maximum absolute atomic E-state index is 8.73. The molecule has 0 atom stereocenters. The fraction of sp³-hybridized carbons (Fsp3) is 0.267. The molecule has 0 aliphatic rings. The molecule has 0 radical (unpaired) electrons. The summed E-state index contributed by atoms with van der Waals surface area (Å²) in [6, 6.07) is 7.55. The molecule has 0 amide bonds. The Bertz CT molecular complexity index is 669. The predicted molar refractivity (Wildman–Crippen MR) is 82.6 cm³/mol. The van der Waals surface area contributed by atoms with E-state index in [0.717, 1.165) is 22.8 Å². The van der Waals surface area contributed by atoms with Crippen LogP contribution >= 0.6 is 0 Å². The molecule has 1 aromatic heterocycles. The van der Waals surface area contributed by atoms with Crippen LogP contribution in [0.25, 0.3) is 0 Å². The molecule has 110 valence electrons. The minimum Gasteiger partial charge on any atom is -0.409 e. The van der Waals surface area contributed by atoms with Gasteiger partial charge in [0.2, 0.25) is 0 Å². The molecule has 6 nitrogen and oxygen atoms in total. The van der Waals surface area contributed by atoms with Crippen molar-refractivity contribution < 1.29 is 5.21 Å². The Balaban J connectivity index is 2.19. The zero-order chi connectivity index (χ0) is 15.4. The van der Waals surface area contributed by atoms with Crippen LogP contribution in [0.4, 0.5) is 5.82 Å². The van der Waals surface area contributed by atoms with Gasteiger partial charge in [-0.25, -0.2) is 4.98 Å². The summed E-state index contributed by atoms with van der Waals surface area (Å²) in [4.78, 5) is 10.8. The normalized spacial score (nSPS) is 11.5. The molecular formula is C15H19N5O. The van der Waals surface area contributed by atoms with Gasteiger partial charge in [0.1, 0.15) is 5.82 Å². The lowest BCUT2D eigenvalue weighted by molar-refractivity contribution is 0.318. The van der Waals surface area contributed by atoms with E-state index < -0.39 is 0 Å². The molecule has 0 saturated heterocycles. The van der Waals surface area contributed by atoms with E-state index in [-0.39, 0.29) is 5.84 Å². The van der Waals surface area contributed by atoms with Crippen LogP contribution in [0.1, 0.15) is 22.5 Å². The summed E-state index contributed by atoms with van der Waals surface area (Å²) in [6.07, 6.45) is 1.76. The van der Waals surface area contributed by atoms with Crippen LogP contribution in [0, 0.1) is 13.8 Å². The molecule has 2 aromatic rings. The van der Waals surface area contributed by atoms with Gasteiger partial charge < -0.3 is 15.8 Å². The smallest absolute Gasteiger partial charge is 0.170 e. The molecule has 2 rings (SSSR count). The summed E-state index contributed by atoms with van der Waals surface area (Å²) in [5.41, 5.74) is 9.19. The number of rotatable bonds is 4. The SMILES string of the molecule is Cc1ncc(N(C)Cc2cccc(/C(N)=N/O)c2)nc1C. The highest BCUT2D eigenvalue weighted by atomic mass is 16.4. The van der Waals surface area contributed by atoms with Gasteiger partial charge in [-0.3, -0.25) is 4.98 Å². The highest BCUT2D eigenvalue weighted by molar-refractivity contribution is 5.97. The zero-order valence-electron chi connectivity index (χ0n) is 12.4. The number of hydrogen-bond donors (Lipinski definition) is 2. The maximum atomic E-state index is 8.73. The van der Waals surface area contributed by atoms with Crippen LogP contribution in [0.15, 0.2) is 35.6 Å². The van der Waals surface area contributed by atoms with Gasteiger partial charge in [0, 0.05) is 19.2 Å². The number of hydrogen-bond acceptors (Lipinski definition) is 5. The Morgan fingerprint density at radius 2 is 2.10 bits per heavy atom. The first-order chi connectivity index (χ1) is 10.0. The fourth-order valence-electron chi connectivity index (χ4n) is 1.96. The molecule has 1 aromatic carbocycles. The Hall–Kier alpha value is -2.63. The van der Waals surface area contributed by atoms with E-state index in [4.69, 9.17) is 10.9 Å². The van der Waals surface area contributed by atoms with Gasteiger partial charge in [-0.2, -0.15) is 0 Å². The third-order valence-electron chi connectivity index (χ3n) is 3.32. The molecule has 0 aliphatic carbocycles. The van der Waals surface area contributed by atoms with Gasteiger partial charge in [0.15, 0.2) is 5.84 Å². The third-order valence-corrected chi connectivity index (χ3v) is 3.32. The lowest BCUT2D eigenvalue weighted by atomic mass is 10.1. The molecule has 0 fully saturated rings. The van der Waals surface area contributed by atoms with E-state index in [1.165, 1.54) is 0 Å². The van der Waals surface area contributed by atoms with Crippen LogP contribution in [-0.2, 0) is 6.54 Å². The van der Waals surface area contributed by atoms with Crippen LogP contribution in [-0.4, -0.2) is 28.1 Å². The fourth-order valence-corrected chi connectivity index (χ4v) is 1.96. The molecule has 0 unspecified atom stereocenters. The van der Waals surface area contributed by atoms with Crippen molar-refractivity contribution in [2.75, 3.05) is 11.9 Å². The number of oxime groups is 1. The Morgan fingerprint density at radius 1 is 1.33 bits per heavy atom. The molecule has 3 N–H and O–H groups in total. The van der Waals surface area contributed by atoms with E-state index in [1.807, 2.05) is 44.0 Å². The molecule has 0 aliphatic heterocycles. The molecule has 21 heavy (non-hydrogen) atoms. The number of aryl methyl sites for hydroxylation is 2. The first kappa shape index (κ1) is 14.8. The summed E-state index contributed by atoms with van der Waals surface area (Å²) < 4.78 is 0. The van der Waals surface area contributed by atoms with Crippen LogP contribution in [0.2, 0.25) is 0 Å². The van der Waals surface area contributed by atoms with Crippen LogP contribution in [0.5, 0.6) is 0 Å². The van der Waals surface area contributed by atoms with Gasteiger partial charge in [-0.05, 0) is 25.5 Å². The van der Waals surface area contributed by atoms with Gasteiger partial charge in [0.25, 0.3) is 0 Å². The second-order valence-electron chi connectivity index (χ2n) is 4.94. The number of nitrogens with two attached hydrogens (primary N) is 1. The summed E-state index contributed by atoms with van der Waals surface area (Å²) >= 11 is 0. The van der Waals surface area contributed by atoms with Gasteiger partial charge in [0.05, 0.1) is 17.6 Å².